The van der Waals surface area contributed by atoms with Crippen LogP contribution in [0.25, 0.3) is 0 Å². The summed E-state index contributed by atoms with van der Waals surface area (Å²) in [5.41, 5.74) is 3.30. The van der Waals surface area contributed by atoms with Crippen molar-refractivity contribution in [3.63, 3.8) is 0 Å². The molecule has 0 heterocycles. The van der Waals surface area contributed by atoms with Crippen molar-refractivity contribution in [1.29, 1.82) is 0 Å². The molecular weight excluding hydrogens is 252 g/mol. The molecule has 0 aliphatic heterocycles. The Balaban J connectivity index is 2.60. The monoisotopic (exact) mass is 278 g/mol. The van der Waals surface area contributed by atoms with E-state index in [1.165, 1.54) is 11.1 Å². The molecule has 1 aromatic carbocycles. The van der Waals surface area contributed by atoms with E-state index in [1.807, 2.05) is 33.8 Å². The van der Waals surface area contributed by atoms with Crippen molar-refractivity contribution in [1.82, 2.24) is 10.6 Å². The van der Waals surface area contributed by atoms with Crippen molar-refractivity contribution in [3.8, 4) is 5.75 Å². The maximum Gasteiger partial charge on any atom is 0.315 e. The number of rotatable bonds is 4. The second-order valence-electron chi connectivity index (χ2n) is 6.14. The number of carbonyl (C=O) groups is 1. The highest BCUT2D eigenvalue weighted by atomic mass is 16.5. The van der Waals surface area contributed by atoms with Crippen molar-refractivity contribution >= 4 is 6.03 Å². The van der Waals surface area contributed by atoms with E-state index in [-0.39, 0.29) is 11.6 Å². The average molecular weight is 278 g/mol. The van der Waals surface area contributed by atoms with Gasteiger partial charge in [-0.3, -0.25) is 0 Å². The summed E-state index contributed by atoms with van der Waals surface area (Å²) in [5.74, 6) is 0.889. The molecular formula is C16H26N2O2. The number of hydrogen-bond donors (Lipinski definition) is 2. The zero-order valence-electron chi connectivity index (χ0n) is 13.4. The van der Waals surface area contributed by atoms with Crippen LogP contribution in [0.3, 0.4) is 0 Å². The molecule has 0 aromatic heterocycles. The van der Waals surface area contributed by atoms with Crippen LogP contribution in [-0.4, -0.2) is 25.2 Å². The topological polar surface area (TPSA) is 50.4 Å². The van der Waals surface area contributed by atoms with Gasteiger partial charge in [-0.15, -0.1) is 0 Å². The average Bonchev–Trinajstić information content (AvgIpc) is 2.28. The molecule has 112 valence electrons. The van der Waals surface area contributed by atoms with Gasteiger partial charge in [0.05, 0.1) is 7.11 Å². The standard InChI is InChI=1S/C16H26N2O2/c1-11-9-12(2)13(14(10-11)20-6)7-8-17-15(19)18-16(3,4)5/h9-10H,7-8H2,1-6H3,(H2,17,18,19). The van der Waals surface area contributed by atoms with Crippen LogP contribution >= 0.6 is 0 Å². The Bertz CT molecular complexity index is 476. The number of benzene rings is 1. The molecule has 4 heteroatoms. The Morgan fingerprint density at radius 3 is 2.45 bits per heavy atom. The van der Waals surface area contributed by atoms with Crippen molar-refractivity contribution in [2.24, 2.45) is 0 Å². The third-order valence-electron chi connectivity index (χ3n) is 2.95. The lowest BCUT2D eigenvalue weighted by molar-refractivity contribution is 0.232. The number of ether oxygens (including phenoxy) is 1. The zero-order chi connectivity index (χ0) is 15.3. The fourth-order valence-corrected chi connectivity index (χ4v) is 2.15. The first-order valence-electron chi connectivity index (χ1n) is 6.93. The minimum atomic E-state index is -0.221. The maximum absolute atomic E-state index is 11.7. The van der Waals surface area contributed by atoms with E-state index in [0.29, 0.717) is 6.54 Å². The van der Waals surface area contributed by atoms with Crippen molar-refractivity contribution in [3.05, 3.63) is 28.8 Å². The second-order valence-corrected chi connectivity index (χ2v) is 6.14. The number of nitrogens with one attached hydrogen (secondary N) is 2. The Hall–Kier alpha value is -1.71. The molecule has 1 rings (SSSR count). The van der Waals surface area contributed by atoms with Gasteiger partial charge in [-0.1, -0.05) is 6.07 Å². The van der Waals surface area contributed by atoms with E-state index in [0.717, 1.165) is 17.7 Å². The molecule has 0 fully saturated rings. The van der Waals surface area contributed by atoms with Gasteiger partial charge < -0.3 is 15.4 Å². The Kier molecular flexibility index (Phi) is 5.43. The van der Waals surface area contributed by atoms with E-state index < -0.39 is 0 Å². The van der Waals surface area contributed by atoms with Gasteiger partial charge in [-0.05, 0) is 63.8 Å². The molecule has 0 aliphatic rings. The largest absolute Gasteiger partial charge is 0.496 e. The fourth-order valence-electron chi connectivity index (χ4n) is 2.15. The first-order chi connectivity index (χ1) is 9.23. The fraction of sp³-hybridized carbons (Fsp3) is 0.562. The normalized spacial score (nSPS) is 11.1. The molecule has 0 unspecified atom stereocenters. The first kappa shape index (κ1) is 16.3. The summed E-state index contributed by atoms with van der Waals surface area (Å²) in [4.78, 5) is 11.7. The van der Waals surface area contributed by atoms with E-state index in [2.05, 4.69) is 23.6 Å². The SMILES string of the molecule is COc1cc(C)cc(C)c1CCNC(=O)NC(C)(C)C. The van der Waals surface area contributed by atoms with E-state index in [4.69, 9.17) is 4.74 Å². The quantitative estimate of drug-likeness (QED) is 0.889. The van der Waals surface area contributed by atoms with Gasteiger partial charge in [0.15, 0.2) is 0 Å². The lowest BCUT2D eigenvalue weighted by Crippen LogP contribution is -2.46. The molecule has 1 aromatic rings. The summed E-state index contributed by atoms with van der Waals surface area (Å²) in [6.07, 6.45) is 0.757. The van der Waals surface area contributed by atoms with Crippen molar-refractivity contribution in [2.45, 2.75) is 46.6 Å². The number of amides is 2. The first-order valence-corrected chi connectivity index (χ1v) is 6.93. The van der Waals surface area contributed by atoms with Crippen LogP contribution in [-0.2, 0) is 6.42 Å². The number of aryl methyl sites for hydroxylation is 2. The second kappa shape index (κ2) is 6.64. The summed E-state index contributed by atoms with van der Waals surface area (Å²) < 4.78 is 5.42. The van der Waals surface area contributed by atoms with Crippen molar-refractivity contribution in [2.75, 3.05) is 13.7 Å². The Morgan fingerprint density at radius 2 is 1.90 bits per heavy atom. The number of carbonyl (C=O) groups excluding carboxylic acids is 1. The summed E-state index contributed by atoms with van der Waals surface area (Å²) in [5, 5.41) is 5.75. The molecule has 0 saturated carbocycles. The number of methoxy groups -OCH3 is 1. The van der Waals surface area contributed by atoms with Gasteiger partial charge in [0.1, 0.15) is 5.75 Å². The van der Waals surface area contributed by atoms with Crippen LogP contribution in [0.2, 0.25) is 0 Å². The highest BCUT2D eigenvalue weighted by Crippen LogP contribution is 2.24. The smallest absolute Gasteiger partial charge is 0.315 e. The van der Waals surface area contributed by atoms with E-state index in [1.54, 1.807) is 7.11 Å². The van der Waals surface area contributed by atoms with Gasteiger partial charge >= 0.3 is 6.03 Å². The lowest BCUT2D eigenvalue weighted by Gasteiger charge is -2.21. The lowest BCUT2D eigenvalue weighted by atomic mass is 10.0. The third-order valence-corrected chi connectivity index (χ3v) is 2.95. The van der Waals surface area contributed by atoms with Gasteiger partial charge in [0, 0.05) is 12.1 Å². The zero-order valence-corrected chi connectivity index (χ0v) is 13.4. The molecule has 2 amide bonds. The molecule has 20 heavy (non-hydrogen) atoms. The highest BCUT2D eigenvalue weighted by Gasteiger charge is 2.13. The minimum Gasteiger partial charge on any atom is -0.496 e. The highest BCUT2D eigenvalue weighted by molar-refractivity contribution is 5.74. The summed E-state index contributed by atoms with van der Waals surface area (Å²) in [7, 11) is 1.68. The minimum absolute atomic E-state index is 0.138. The van der Waals surface area contributed by atoms with Crippen LogP contribution in [0.15, 0.2) is 12.1 Å². The van der Waals surface area contributed by atoms with E-state index in [9.17, 15) is 4.79 Å². The van der Waals surface area contributed by atoms with Crippen LogP contribution < -0.4 is 15.4 Å². The van der Waals surface area contributed by atoms with Crippen LogP contribution in [0.4, 0.5) is 4.79 Å². The Morgan fingerprint density at radius 1 is 1.25 bits per heavy atom. The molecule has 4 nitrogen and oxygen atoms in total. The van der Waals surface area contributed by atoms with Crippen LogP contribution in [0.5, 0.6) is 5.75 Å². The van der Waals surface area contributed by atoms with Gasteiger partial charge in [-0.25, -0.2) is 4.79 Å². The van der Waals surface area contributed by atoms with Crippen LogP contribution in [0, 0.1) is 13.8 Å². The molecule has 0 spiro atoms. The molecule has 0 bridgehead atoms. The molecule has 0 atom stereocenters. The Labute approximate surface area is 121 Å². The summed E-state index contributed by atoms with van der Waals surface area (Å²) >= 11 is 0. The van der Waals surface area contributed by atoms with E-state index >= 15 is 0 Å². The molecule has 0 radical (unpaired) electrons. The van der Waals surface area contributed by atoms with Gasteiger partial charge in [0.25, 0.3) is 0 Å². The molecule has 0 aliphatic carbocycles. The number of hydrogen-bond acceptors (Lipinski definition) is 2. The summed E-state index contributed by atoms with van der Waals surface area (Å²) in [6, 6.07) is 4.02. The van der Waals surface area contributed by atoms with Gasteiger partial charge in [-0.2, -0.15) is 0 Å². The molecule has 0 saturated heterocycles. The van der Waals surface area contributed by atoms with Gasteiger partial charge in [0.2, 0.25) is 0 Å². The third kappa shape index (κ3) is 5.11. The molecule has 2 N–H and O–H groups in total. The predicted molar refractivity (Wildman–Crippen MR) is 82.5 cm³/mol. The van der Waals surface area contributed by atoms with Crippen molar-refractivity contribution < 1.29 is 9.53 Å². The van der Waals surface area contributed by atoms with Crippen LogP contribution in [0.1, 0.15) is 37.5 Å². The number of urea groups is 1. The summed E-state index contributed by atoms with van der Waals surface area (Å²) in [6.45, 7) is 10.6. The maximum atomic E-state index is 11.7. The predicted octanol–water partition coefficient (Wildman–Crippen LogP) is 2.95.